The summed E-state index contributed by atoms with van der Waals surface area (Å²) in [4.78, 5) is 23.6. The molecule has 4 aliphatic heterocycles. The number of terminal acetylenes is 1. The molecule has 1 amide bonds. The second kappa shape index (κ2) is 10.1. The van der Waals surface area contributed by atoms with E-state index in [-0.39, 0.29) is 17.6 Å². The van der Waals surface area contributed by atoms with Crippen LogP contribution in [0, 0.1) is 35.3 Å². The zero-order valence-corrected chi connectivity index (χ0v) is 23.2. The molecule has 2 unspecified atom stereocenters. The average molecular weight is 574 g/mol. The van der Waals surface area contributed by atoms with Gasteiger partial charge in [0.2, 0.25) is 0 Å². The van der Waals surface area contributed by atoms with E-state index in [0.29, 0.717) is 24.2 Å². The first kappa shape index (κ1) is 26.4. The number of aromatic nitrogens is 3. The Bertz CT molecular complexity index is 1910. The lowest BCUT2D eigenvalue weighted by Crippen LogP contribution is -2.70. The number of piperidine rings is 1. The van der Waals surface area contributed by atoms with E-state index in [2.05, 4.69) is 45.1 Å². The molecule has 1 aromatic carbocycles. The minimum Gasteiger partial charge on any atom is -0.377 e. The number of nitriles is 1. The van der Waals surface area contributed by atoms with Crippen LogP contribution in [0.5, 0.6) is 0 Å². The van der Waals surface area contributed by atoms with Crippen molar-refractivity contribution in [3.05, 3.63) is 101 Å². The highest BCUT2D eigenvalue weighted by molar-refractivity contribution is 5.96. The number of anilines is 1. The molecule has 3 aromatic heterocycles. The fourth-order valence-electron chi connectivity index (χ4n) is 6.22. The van der Waals surface area contributed by atoms with Crippen molar-refractivity contribution in [2.45, 2.75) is 18.5 Å². The van der Waals surface area contributed by atoms with Crippen molar-refractivity contribution < 1.29 is 13.6 Å². The van der Waals surface area contributed by atoms with Gasteiger partial charge in [0, 0.05) is 61.3 Å². The number of hydrogen-bond acceptors (Lipinski definition) is 6. The standard InChI is InChI=1S/C33H25F2N7O/c1-3-20-10-28(34)31(29(35)11-20)33(43)42-25-13-26(42)19-40(18-25)30-5-4-22(15-37-30)27-12-23(21-6-8-39(2)9-7-21)17-41-32(27)24(14-36)16-38-41/h1,4-8,10-12,15-17,25-26H,9,13,18-19H2,2H3. The Morgan fingerprint density at radius 1 is 1.09 bits per heavy atom. The summed E-state index contributed by atoms with van der Waals surface area (Å²) in [6, 6.07) is 9.84. The topological polar surface area (TPSA) is 80.8 Å². The lowest BCUT2D eigenvalue weighted by atomic mass is 9.86. The molecule has 212 valence electrons. The highest BCUT2D eigenvalue weighted by Gasteiger charge is 2.48. The third kappa shape index (κ3) is 4.39. The Kier molecular flexibility index (Phi) is 6.21. The number of nitrogens with zero attached hydrogens (tertiary/aromatic N) is 7. The quantitative estimate of drug-likeness (QED) is 0.335. The zero-order chi connectivity index (χ0) is 29.8. The van der Waals surface area contributed by atoms with Crippen LogP contribution < -0.4 is 4.90 Å². The van der Waals surface area contributed by atoms with Crippen LogP contribution in [0.4, 0.5) is 14.6 Å². The first-order valence-corrected chi connectivity index (χ1v) is 13.8. The molecular weight excluding hydrogens is 548 g/mol. The van der Waals surface area contributed by atoms with Gasteiger partial charge in [0.1, 0.15) is 29.1 Å². The number of allylic oxidation sites excluding steroid dienone is 2. The van der Waals surface area contributed by atoms with Gasteiger partial charge in [-0.25, -0.2) is 18.3 Å². The zero-order valence-electron chi connectivity index (χ0n) is 23.2. The van der Waals surface area contributed by atoms with Crippen LogP contribution in [0.1, 0.15) is 33.5 Å². The summed E-state index contributed by atoms with van der Waals surface area (Å²) < 4.78 is 30.9. The number of amides is 1. The van der Waals surface area contributed by atoms with Crippen molar-refractivity contribution in [1.82, 2.24) is 24.4 Å². The summed E-state index contributed by atoms with van der Waals surface area (Å²) in [6.45, 7) is 1.78. The van der Waals surface area contributed by atoms with Gasteiger partial charge in [-0.15, -0.1) is 6.42 Å². The van der Waals surface area contributed by atoms with Crippen molar-refractivity contribution in [2.24, 2.45) is 0 Å². The van der Waals surface area contributed by atoms with Crippen LogP contribution in [0.2, 0.25) is 0 Å². The van der Waals surface area contributed by atoms with E-state index in [1.807, 2.05) is 31.6 Å². The number of carbonyl (C=O) groups is 1. The minimum absolute atomic E-state index is 0.0522. The molecule has 0 spiro atoms. The predicted molar refractivity (Wildman–Crippen MR) is 158 cm³/mol. The molecule has 2 atom stereocenters. The number of pyridine rings is 2. The maximum atomic E-state index is 14.6. The number of benzene rings is 1. The fraction of sp³-hybridized carbons (Fsp3) is 0.212. The minimum atomic E-state index is -0.948. The Morgan fingerprint density at radius 3 is 2.49 bits per heavy atom. The van der Waals surface area contributed by atoms with Gasteiger partial charge in [-0.05, 0) is 54.6 Å². The summed E-state index contributed by atoms with van der Waals surface area (Å²) in [7, 11) is 2.01. The maximum absolute atomic E-state index is 14.6. The third-order valence-electron chi connectivity index (χ3n) is 8.41. The van der Waals surface area contributed by atoms with E-state index in [4.69, 9.17) is 11.4 Å². The molecule has 7 heterocycles. The van der Waals surface area contributed by atoms with E-state index in [9.17, 15) is 18.8 Å². The molecular formula is C33H25F2N7O. The molecule has 0 saturated carbocycles. The van der Waals surface area contributed by atoms with Crippen LogP contribution in [-0.4, -0.2) is 69.1 Å². The normalized spacial score (nSPS) is 19.1. The van der Waals surface area contributed by atoms with Crippen LogP contribution in [0.25, 0.3) is 22.2 Å². The SMILES string of the molecule is C#Cc1cc(F)c(C(=O)N2C3CC2CN(c2ccc(-c4cc(C5=CCN(C)C=C5)cn5ncc(C#N)c45)cn2)C3)c(F)c1. The Morgan fingerprint density at radius 2 is 1.86 bits per heavy atom. The summed E-state index contributed by atoms with van der Waals surface area (Å²) in [5, 5.41) is 14.2. The summed E-state index contributed by atoms with van der Waals surface area (Å²) in [5.74, 6) is 0.385. The van der Waals surface area contributed by atoms with Gasteiger partial charge >= 0.3 is 0 Å². The first-order chi connectivity index (χ1) is 20.8. The Balaban J connectivity index is 1.14. The van der Waals surface area contributed by atoms with E-state index < -0.39 is 23.1 Å². The molecule has 8 nitrogen and oxygen atoms in total. The van der Waals surface area contributed by atoms with E-state index in [1.54, 1.807) is 21.8 Å². The van der Waals surface area contributed by atoms with Crippen molar-refractivity contribution in [3.8, 4) is 29.5 Å². The molecule has 4 aliphatic rings. The van der Waals surface area contributed by atoms with Gasteiger partial charge in [-0.2, -0.15) is 10.4 Å². The highest BCUT2D eigenvalue weighted by atomic mass is 19.1. The summed E-state index contributed by atoms with van der Waals surface area (Å²) in [5.41, 5.74) is 4.40. The van der Waals surface area contributed by atoms with Crippen molar-refractivity contribution >= 4 is 22.8 Å². The van der Waals surface area contributed by atoms with E-state index >= 15 is 0 Å². The van der Waals surface area contributed by atoms with Gasteiger partial charge in [0.15, 0.2) is 0 Å². The molecule has 3 saturated heterocycles. The fourth-order valence-corrected chi connectivity index (χ4v) is 6.22. The van der Waals surface area contributed by atoms with Gasteiger partial charge < -0.3 is 14.7 Å². The monoisotopic (exact) mass is 573 g/mol. The summed E-state index contributed by atoms with van der Waals surface area (Å²) in [6.07, 6.45) is 17.5. The number of rotatable bonds is 4. The number of halogens is 2. The number of piperazine rings is 1. The van der Waals surface area contributed by atoms with Crippen LogP contribution in [-0.2, 0) is 0 Å². The number of hydrogen-bond donors (Lipinski definition) is 0. The van der Waals surface area contributed by atoms with Crippen LogP contribution in [0.15, 0.2) is 67.3 Å². The van der Waals surface area contributed by atoms with E-state index in [1.165, 1.54) is 0 Å². The van der Waals surface area contributed by atoms with Gasteiger partial charge in [-0.1, -0.05) is 12.0 Å². The lowest BCUT2D eigenvalue weighted by Gasteiger charge is -2.56. The average Bonchev–Trinajstić information content (AvgIpc) is 3.44. The number of fused-ring (bicyclic) bond motifs is 3. The van der Waals surface area contributed by atoms with Crippen molar-refractivity contribution in [1.29, 1.82) is 5.26 Å². The number of carbonyl (C=O) groups excluding carboxylic acids is 1. The van der Waals surface area contributed by atoms with Crippen molar-refractivity contribution in [2.75, 3.05) is 31.6 Å². The molecule has 0 N–H and O–H groups in total. The number of likely N-dealkylation sites (N-methyl/N-ethyl adjacent to an activating group) is 1. The molecule has 4 aromatic rings. The van der Waals surface area contributed by atoms with Gasteiger partial charge in [0.25, 0.3) is 5.91 Å². The Hall–Kier alpha value is -5.48. The molecule has 2 bridgehead atoms. The molecule has 8 rings (SSSR count). The van der Waals surface area contributed by atoms with Crippen LogP contribution >= 0.6 is 0 Å². The third-order valence-corrected chi connectivity index (χ3v) is 8.41. The smallest absolute Gasteiger partial charge is 0.260 e. The Labute approximate surface area is 246 Å². The van der Waals surface area contributed by atoms with E-state index in [0.717, 1.165) is 53.2 Å². The van der Waals surface area contributed by atoms with Crippen molar-refractivity contribution in [3.63, 3.8) is 0 Å². The maximum Gasteiger partial charge on any atom is 0.260 e. The predicted octanol–water partition coefficient (Wildman–Crippen LogP) is 4.47. The van der Waals surface area contributed by atoms with Gasteiger partial charge in [-0.3, -0.25) is 4.79 Å². The van der Waals surface area contributed by atoms with Gasteiger partial charge in [0.05, 0.1) is 29.4 Å². The first-order valence-electron chi connectivity index (χ1n) is 13.8. The largest absolute Gasteiger partial charge is 0.377 e. The second-order valence-corrected chi connectivity index (χ2v) is 11.0. The van der Waals surface area contributed by atoms with Crippen LogP contribution in [0.3, 0.4) is 0 Å². The summed E-state index contributed by atoms with van der Waals surface area (Å²) >= 11 is 0. The molecule has 3 fully saturated rings. The highest BCUT2D eigenvalue weighted by Crippen LogP contribution is 2.37. The molecule has 43 heavy (non-hydrogen) atoms. The molecule has 0 radical (unpaired) electrons. The lowest BCUT2D eigenvalue weighted by molar-refractivity contribution is 0.00497. The molecule has 10 heteroatoms. The second-order valence-electron chi connectivity index (χ2n) is 11.0. The molecule has 0 aliphatic carbocycles.